The first-order chi connectivity index (χ1) is 15.5. The van der Waals surface area contributed by atoms with Crippen LogP contribution in [0.15, 0.2) is 94.3 Å². The second-order valence-corrected chi connectivity index (χ2v) is 8.83. The molecule has 0 radical (unpaired) electrons. The highest BCUT2D eigenvalue weighted by molar-refractivity contribution is 7.92. The van der Waals surface area contributed by atoms with Crippen LogP contribution in [0.25, 0.3) is 11.4 Å². The van der Waals surface area contributed by atoms with Gasteiger partial charge in [0.05, 0.1) is 22.7 Å². The quantitative estimate of drug-likeness (QED) is 0.464. The Labute approximate surface area is 185 Å². The fraction of sp³-hybridized carbons (Fsp3) is 0.0870. The fourth-order valence-electron chi connectivity index (χ4n) is 3.10. The molecular formula is C23H20N4O4S. The van der Waals surface area contributed by atoms with Crippen molar-refractivity contribution in [3.05, 3.63) is 96.4 Å². The molecule has 8 nitrogen and oxygen atoms in total. The maximum atomic E-state index is 13.0. The molecule has 1 heterocycles. The molecule has 3 aromatic carbocycles. The lowest BCUT2D eigenvalue weighted by Crippen LogP contribution is -2.30. The first-order valence-electron chi connectivity index (χ1n) is 9.76. The lowest BCUT2D eigenvalue weighted by Gasteiger charge is -2.22. The van der Waals surface area contributed by atoms with Gasteiger partial charge in [-0.15, -0.1) is 0 Å². The van der Waals surface area contributed by atoms with E-state index in [0.717, 1.165) is 9.87 Å². The zero-order chi connectivity index (χ0) is 22.6. The van der Waals surface area contributed by atoms with Crippen molar-refractivity contribution in [3.8, 4) is 11.4 Å². The number of carbonyl (C=O) groups is 1. The minimum atomic E-state index is -3.83. The summed E-state index contributed by atoms with van der Waals surface area (Å²) in [6, 6.07) is 23.9. The summed E-state index contributed by atoms with van der Waals surface area (Å²) in [5, 5.41) is 6.63. The van der Waals surface area contributed by atoms with Gasteiger partial charge in [-0.05, 0) is 24.3 Å². The fourth-order valence-corrected chi connectivity index (χ4v) is 4.34. The summed E-state index contributed by atoms with van der Waals surface area (Å²) < 4.78 is 32.3. The molecule has 0 aliphatic heterocycles. The van der Waals surface area contributed by atoms with E-state index in [9.17, 15) is 13.2 Å². The number of rotatable bonds is 7. The molecule has 0 atom stereocenters. The third-order valence-corrected chi connectivity index (χ3v) is 6.58. The maximum Gasteiger partial charge on any atom is 0.264 e. The predicted molar refractivity (Wildman–Crippen MR) is 119 cm³/mol. The van der Waals surface area contributed by atoms with E-state index in [-0.39, 0.29) is 28.6 Å². The number of sulfonamides is 1. The summed E-state index contributed by atoms with van der Waals surface area (Å²) in [7, 11) is -2.41. The van der Waals surface area contributed by atoms with Gasteiger partial charge in [-0.3, -0.25) is 9.10 Å². The van der Waals surface area contributed by atoms with Crippen molar-refractivity contribution >= 4 is 21.6 Å². The SMILES string of the molecule is CN(c1ccccc1C(=O)NCc1nc(-c2ccccc2)no1)S(=O)(=O)c1ccccc1. The Morgan fingerprint density at radius 3 is 2.28 bits per heavy atom. The molecule has 1 aromatic heterocycles. The molecule has 0 aliphatic carbocycles. The normalized spacial score (nSPS) is 11.2. The standard InChI is InChI=1S/C23H20N4O4S/c1-27(32(29,30)18-12-6-3-7-13-18)20-15-9-8-14-19(20)23(28)24-16-21-25-22(26-31-21)17-10-4-2-5-11-17/h2-15H,16H2,1H3,(H,24,28). The van der Waals surface area contributed by atoms with Crippen LogP contribution in [0, 0.1) is 0 Å². The zero-order valence-corrected chi connectivity index (χ0v) is 18.0. The molecule has 4 rings (SSSR count). The van der Waals surface area contributed by atoms with Crippen molar-refractivity contribution in [2.75, 3.05) is 11.4 Å². The van der Waals surface area contributed by atoms with E-state index in [1.54, 1.807) is 42.5 Å². The van der Waals surface area contributed by atoms with Gasteiger partial charge in [0.2, 0.25) is 11.7 Å². The number of amides is 1. The van der Waals surface area contributed by atoms with Gasteiger partial charge in [-0.25, -0.2) is 8.42 Å². The Morgan fingerprint density at radius 2 is 1.56 bits per heavy atom. The van der Waals surface area contributed by atoms with Crippen LogP contribution in [-0.2, 0) is 16.6 Å². The first-order valence-corrected chi connectivity index (χ1v) is 11.2. The second kappa shape index (κ2) is 9.03. The van der Waals surface area contributed by atoms with Crippen molar-refractivity contribution in [1.29, 1.82) is 0 Å². The van der Waals surface area contributed by atoms with Crippen molar-refractivity contribution in [2.24, 2.45) is 0 Å². The first kappa shape index (κ1) is 21.3. The Hall–Kier alpha value is -3.98. The van der Waals surface area contributed by atoms with Crippen LogP contribution < -0.4 is 9.62 Å². The molecule has 0 saturated heterocycles. The molecular weight excluding hydrogens is 428 g/mol. The van der Waals surface area contributed by atoms with Crippen LogP contribution >= 0.6 is 0 Å². The van der Waals surface area contributed by atoms with E-state index < -0.39 is 15.9 Å². The number of benzene rings is 3. The van der Waals surface area contributed by atoms with Gasteiger partial charge in [0.1, 0.15) is 0 Å². The summed E-state index contributed by atoms with van der Waals surface area (Å²) in [5.74, 6) is 0.194. The molecule has 1 N–H and O–H groups in total. The van der Waals surface area contributed by atoms with E-state index in [4.69, 9.17) is 4.52 Å². The van der Waals surface area contributed by atoms with E-state index in [1.807, 2.05) is 30.3 Å². The van der Waals surface area contributed by atoms with Crippen molar-refractivity contribution in [2.45, 2.75) is 11.4 Å². The topological polar surface area (TPSA) is 105 Å². The highest BCUT2D eigenvalue weighted by Crippen LogP contribution is 2.25. The van der Waals surface area contributed by atoms with Gasteiger partial charge in [0, 0.05) is 12.6 Å². The predicted octanol–water partition coefficient (Wildman–Crippen LogP) is 3.49. The Morgan fingerprint density at radius 1 is 0.938 bits per heavy atom. The molecule has 0 bridgehead atoms. The van der Waals surface area contributed by atoms with Crippen molar-refractivity contribution in [1.82, 2.24) is 15.5 Å². The largest absolute Gasteiger partial charge is 0.343 e. The summed E-state index contributed by atoms with van der Waals surface area (Å²) in [5.41, 5.74) is 1.26. The number of hydrogen-bond acceptors (Lipinski definition) is 6. The van der Waals surface area contributed by atoms with Crippen LogP contribution in [0.2, 0.25) is 0 Å². The third kappa shape index (κ3) is 4.37. The number of para-hydroxylation sites is 1. The van der Waals surface area contributed by atoms with Gasteiger partial charge in [0.25, 0.3) is 15.9 Å². The number of nitrogens with one attached hydrogen (secondary N) is 1. The smallest absolute Gasteiger partial charge is 0.264 e. The van der Waals surface area contributed by atoms with Crippen LogP contribution in [0.4, 0.5) is 5.69 Å². The molecule has 32 heavy (non-hydrogen) atoms. The minimum Gasteiger partial charge on any atom is -0.343 e. The van der Waals surface area contributed by atoms with Gasteiger partial charge < -0.3 is 9.84 Å². The minimum absolute atomic E-state index is 0.00213. The highest BCUT2D eigenvalue weighted by Gasteiger charge is 2.25. The molecule has 0 unspecified atom stereocenters. The lowest BCUT2D eigenvalue weighted by molar-refractivity contribution is 0.0947. The van der Waals surface area contributed by atoms with E-state index >= 15 is 0 Å². The van der Waals surface area contributed by atoms with Crippen LogP contribution in [0.5, 0.6) is 0 Å². The Kier molecular flexibility index (Phi) is 6.00. The van der Waals surface area contributed by atoms with E-state index in [1.165, 1.54) is 19.2 Å². The molecule has 0 aliphatic rings. The Balaban J connectivity index is 1.52. The molecule has 0 spiro atoms. The molecule has 0 fully saturated rings. The average Bonchev–Trinajstić information content (AvgIpc) is 3.32. The number of nitrogens with zero attached hydrogens (tertiary/aromatic N) is 3. The molecule has 0 saturated carbocycles. The molecule has 162 valence electrons. The molecule has 9 heteroatoms. The molecule has 1 amide bonds. The van der Waals surface area contributed by atoms with E-state index in [2.05, 4.69) is 15.5 Å². The van der Waals surface area contributed by atoms with Crippen LogP contribution in [0.1, 0.15) is 16.2 Å². The van der Waals surface area contributed by atoms with Gasteiger partial charge >= 0.3 is 0 Å². The number of anilines is 1. The van der Waals surface area contributed by atoms with Crippen molar-refractivity contribution in [3.63, 3.8) is 0 Å². The average molecular weight is 449 g/mol. The van der Waals surface area contributed by atoms with Crippen LogP contribution in [-0.4, -0.2) is 31.5 Å². The van der Waals surface area contributed by atoms with Gasteiger partial charge in [-0.2, -0.15) is 4.98 Å². The number of aromatic nitrogens is 2. The summed E-state index contributed by atoms with van der Waals surface area (Å²) in [6.45, 7) is 0.00213. The monoisotopic (exact) mass is 448 g/mol. The number of carbonyl (C=O) groups excluding carboxylic acids is 1. The zero-order valence-electron chi connectivity index (χ0n) is 17.2. The van der Waals surface area contributed by atoms with Crippen LogP contribution in [0.3, 0.4) is 0 Å². The van der Waals surface area contributed by atoms with Gasteiger partial charge in [-0.1, -0.05) is 65.8 Å². The van der Waals surface area contributed by atoms with Crippen molar-refractivity contribution < 1.29 is 17.7 Å². The number of hydrogen-bond donors (Lipinski definition) is 1. The second-order valence-electron chi connectivity index (χ2n) is 6.86. The third-order valence-electron chi connectivity index (χ3n) is 4.79. The summed E-state index contributed by atoms with van der Waals surface area (Å²) in [4.78, 5) is 17.3. The summed E-state index contributed by atoms with van der Waals surface area (Å²) >= 11 is 0. The highest BCUT2D eigenvalue weighted by atomic mass is 32.2. The molecule has 4 aromatic rings. The summed E-state index contributed by atoms with van der Waals surface area (Å²) in [6.07, 6.45) is 0. The van der Waals surface area contributed by atoms with Gasteiger partial charge in [0.15, 0.2) is 0 Å². The van der Waals surface area contributed by atoms with E-state index in [0.29, 0.717) is 5.82 Å². The maximum absolute atomic E-state index is 13.0. The Bertz CT molecular complexity index is 1320. The lowest BCUT2D eigenvalue weighted by atomic mass is 10.1.